The van der Waals surface area contributed by atoms with Crippen molar-refractivity contribution in [1.82, 2.24) is 25.0 Å². The van der Waals surface area contributed by atoms with E-state index in [9.17, 15) is 0 Å². The van der Waals surface area contributed by atoms with Crippen LogP contribution in [0, 0.1) is 0 Å². The van der Waals surface area contributed by atoms with Gasteiger partial charge >= 0.3 is 0 Å². The van der Waals surface area contributed by atoms with Gasteiger partial charge in [-0.25, -0.2) is 0 Å². The van der Waals surface area contributed by atoms with E-state index in [1.54, 1.807) is 11.3 Å². The molecule has 0 bridgehead atoms. The van der Waals surface area contributed by atoms with Crippen LogP contribution in [0.3, 0.4) is 0 Å². The molecule has 4 heterocycles. The monoisotopic (exact) mass is 553 g/mol. The molecule has 0 unspecified atom stereocenters. The molecule has 1 aliphatic carbocycles. The number of rotatable bonds is 7. The molecule has 1 aromatic carbocycles. The lowest BCUT2D eigenvalue weighted by molar-refractivity contribution is 0.529. The number of nitrogens with zero attached hydrogens (tertiary/aromatic N) is 5. The fourth-order valence-electron chi connectivity index (χ4n) is 4.05. The first kappa shape index (κ1) is 21.8. The molecule has 5 aromatic rings. The normalized spacial score (nSPS) is 13.3. The van der Waals surface area contributed by atoms with Gasteiger partial charge in [-0.15, -0.1) is 31.7 Å². The van der Waals surface area contributed by atoms with Crippen LogP contribution in [0.2, 0.25) is 0 Å². The number of aryl methyl sites for hydroxylation is 2. The first-order valence-corrected chi connectivity index (χ1v) is 13.6. The summed E-state index contributed by atoms with van der Waals surface area (Å²) >= 11 is 6.67. The zero-order chi connectivity index (χ0) is 22.9. The van der Waals surface area contributed by atoms with Crippen LogP contribution in [-0.4, -0.2) is 25.0 Å². The highest BCUT2D eigenvalue weighted by Crippen LogP contribution is 2.36. The number of hydrogen-bond acceptors (Lipinski definition) is 8. The molecular formula is C24H20BrN5O2S2. The van der Waals surface area contributed by atoms with Crippen molar-refractivity contribution >= 4 is 39.0 Å². The average Bonchev–Trinajstić information content (AvgIpc) is 3.64. The first-order valence-electron chi connectivity index (χ1n) is 11.0. The summed E-state index contributed by atoms with van der Waals surface area (Å²) in [4.78, 5) is 2.52. The van der Waals surface area contributed by atoms with Crippen molar-refractivity contribution in [2.75, 3.05) is 0 Å². The van der Waals surface area contributed by atoms with Crippen LogP contribution < -0.4 is 0 Å². The minimum Gasteiger partial charge on any atom is -0.446 e. The highest BCUT2D eigenvalue weighted by Gasteiger charge is 2.20. The number of hydrogen-bond donors (Lipinski definition) is 0. The second-order valence-corrected chi connectivity index (χ2v) is 10.9. The van der Waals surface area contributed by atoms with Crippen molar-refractivity contribution in [2.45, 2.75) is 43.1 Å². The molecule has 6 rings (SSSR count). The molecule has 0 spiro atoms. The number of thiophene rings is 1. The third-order valence-corrected chi connectivity index (χ3v) is 8.30. The fraction of sp³-hybridized carbons (Fsp3) is 0.250. The summed E-state index contributed by atoms with van der Waals surface area (Å²) < 4.78 is 14.5. The number of fused-ring (bicyclic) bond motifs is 1. The van der Waals surface area contributed by atoms with Gasteiger partial charge in [0.1, 0.15) is 0 Å². The van der Waals surface area contributed by atoms with Crippen LogP contribution >= 0.6 is 39.0 Å². The molecule has 172 valence electrons. The van der Waals surface area contributed by atoms with Crippen molar-refractivity contribution in [3.63, 3.8) is 0 Å². The van der Waals surface area contributed by atoms with Gasteiger partial charge in [-0.3, -0.25) is 4.57 Å². The molecule has 0 fully saturated rings. The molecule has 1 aliphatic rings. The van der Waals surface area contributed by atoms with Gasteiger partial charge in [0, 0.05) is 4.88 Å². The molecule has 0 aliphatic heterocycles. The van der Waals surface area contributed by atoms with Gasteiger partial charge in [-0.2, -0.15) is 0 Å². The standard InChI is InChI=1S/C24H20BrN5O2S2/c25-20-11-10-17(31-20)22-27-29-24(30(22)13-15-6-2-1-3-7-15)33-14-21-26-28-23(32-21)19-12-16-8-4-5-9-18(16)34-19/h1-3,6-7,10-12H,4-5,8-9,13-14H2. The molecule has 4 aromatic heterocycles. The summed E-state index contributed by atoms with van der Waals surface area (Å²) in [6.07, 6.45) is 4.83. The molecule has 0 amide bonds. The first-order chi connectivity index (χ1) is 16.7. The topological polar surface area (TPSA) is 82.8 Å². The third-order valence-electron chi connectivity index (χ3n) is 5.69. The summed E-state index contributed by atoms with van der Waals surface area (Å²) in [5.74, 6) is 3.01. The Labute approximate surface area is 212 Å². The largest absolute Gasteiger partial charge is 0.446 e. The number of thioether (sulfide) groups is 1. The van der Waals surface area contributed by atoms with Crippen LogP contribution in [0.4, 0.5) is 0 Å². The summed E-state index contributed by atoms with van der Waals surface area (Å²) in [5, 5.41) is 18.2. The summed E-state index contributed by atoms with van der Waals surface area (Å²) in [6, 6.07) is 16.2. The van der Waals surface area contributed by atoms with Crippen molar-refractivity contribution in [3.8, 4) is 22.4 Å². The van der Waals surface area contributed by atoms with E-state index in [0.29, 0.717) is 40.3 Å². The highest BCUT2D eigenvalue weighted by molar-refractivity contribution is 9.10. The maximum absolute atomic E-state index is 6.01. The van der Waals surface area contributed by atoms with Crippen LogP contribution in [-0.2, 0) is 25.1 Å². The van der Waals surface area contributed by atoms with E-state index in [1.165, 1.54) is 35.0 Å². The molecule has 0 radical (unpaired) electrons. The zero-order valence-electron chi connectivity index (χ0n) is 18.1. The lowest BCUT2D eigenvalue weighted by Crippen LogP contribution is -2.04. The summed E-state index contributed by atoms with van der Waals surface area (Å²) in [5.41, 5.74) is 2.59. The predicted octanol–water partition coefficient (Wildman–Crippen LogP) is 6.63. The molecule has 0 N–H and O–H groups in total. The Morgan fingerprint density at radius 1 is 0.971 bits per heavy atom. The summed E-state index contributed by atoms with van der Waals surface area (Å²) in [6.45, 7) is 0.625. The van der Waals surface area contributed by atoms with Gasteiger partial charge in [0.2, 0.25) is 11.7 Å². The molecule has 0 atom stereocenters. The Bertz CT molecular complexity index is 1400. The average molecular weight is 554 g/mol. The van der Waals surface area contributed by atoms with E-state index in [-0.39, 0.29) is 0 Å². The second-order valence-electron chi connectivity index (χ2n) is 8.04. The summed E-state index contributed by atoms with van der Waals surface area (Å²) in [7, 11) is 0. The number of halogens is 1. The Morgan fingerprint density at radius 3 is 2.68 bits per heavy atom. The molecule has 0 saturated heterocycles. The Balaban J connectivity index is 1.23. The van der Waals surface area contributed by atoms with E-state index < -0.39 is 0 Å². The van der Waals surface area contributed by atoms with Gasteiger partial charge in [-0.05, 0) is 70.9 Å². The Kier molecular flexibility index (Phi) is 6.11. The van der Waals surface area contributed by atoms with E-state index in [2.05, 4.69) is 59.1 Å². The number of furan rings is 1. The van der Waals surface area contributed by atoms with Crippen molar-refractivity contribution in [3.05, 3.63) is 75.1 Å². The second kappa shape index (κ2) is 9.52. The SMILES string of the molecule is Brc1ccc(-c2nnc(SCc3nnc(-c4cc5c(s4)CCCC5)o3)n2Cc2ccccc2)o1. The number of benzene rings is 1. The Morgan fingerprint density at radius 2 is 1.85 bits per heavy atom. The molecule has 10 heteroatoms. The highest BCUT2D eigenvalue weighted by atomic mass is 79.9. The van der Waals surface area contributed by atoms with E-state index in [1.807, 2.05) is 30.3 Å². The zero-order valence-corrected chi connectivity index (χ0v) is 21.3. The lowest BCUT2D eigenvalue weighted by atomic mass is 9.99. The van der Waals surface area contributed by atoms with Crippen molar-refractivity contribution in [1.29, 1.82) is 0 Å². The number of aromatic nitrogens is 5. The molecule has 7 nitrogen and oxygen atoms in total. The smallest absolute Gasteiger partial charge is 0.257 e. The molecular weight excluding hydrogens is 534 g/mol. The fourth-order valence-corrected chi connectivity index (χ4v) is 6.31. The van der Waals surface area contributed by atoms with Gasteiger partial charge in [0.25, 0.3) is 5.89 Å². The van der Waals surface area contributed by atoms with Gasteiger partial charge in [0.05, 0.1) is 17.2 Å². The third kappa shape index (κ3) is 4.49. The maximum atomic E-state index is 6.01. The molecule has 34 heavy (non-hydrogen) atoms. The van der Waals surface area contributed by atoms with E-state index in [0.717, 1.165) is 28.4 Å². The van der Waals surface area contributed by atoms with Crippen molar-refractivity contribution < 1.29 is 8.83 Å². The van der Waals surface area contributed by atoms with Gasteiger partial charge in [0.15, 0.2) is 15.6 Å². The maximum Gasteiger partial charge on any atom is 0.257 e. The minimum atomic E-state index is 0.507. The van der Waals surface area contributed by atoms with Crippen LogP contribution in [0.1, 0.15) is 34.7 Å². The van der Waals surface area contributed by atoms with E-state index >= 15 is 0 Å². The Hall–Kier alpha value is -2.69. The van der Waals surface area contributed by atoms with E-state index in [4.69, 9.17) is 8.83 Å². The minimum absolute atomic E-state index is 0.507. The van der Waals surface area contributed by atoms with Crippen LogP contribution in [0.5, 0.6) is 0 Å². The lowest BCUT2D eigenvalue weighted by Gasteiger charge is -2.08. The predicted molar refractivity (Wildman–Crippen MR) is 135 cm³/mol. The quantitative estimate of drug-likeness (QED) is 0.209. The van der Waals surface area contributed by atoms with Crippen LogP contribution in [0.15, 0.2) is 67.2 Å². The van der Waals surface area contributed by atoms with Crippen LogP contribution in [0.25, 0.3) is 22.4 Å². The molecule has 0 saturated carbocycles. The van der Waals surface area contributed by atoms with Crippen molar-refractivity contribution in [2.24, 2.45) is 0 Å². The van der Waals surface area contributed by atoms with Gasteiger partial charge in [-0.1, -0.05) is 42.1 Å². The van der Waals surface area contributed by atoms with Gasteiger partial charge < -0.3 is 8.83 Å².